The van der Waals surface area contributed by atoms with Gasteiger partial charge in [0.05, 0.1) is 17.4 Å². The number of fused-ring (bicyclic) bond motifs is 1. The van der Waals surface area contributed by atoms with Gasteiger partial charge >= 0.3 is 5.97 Å². The first-order valence-corrected chi connectivity index (χ1v) is 12.0. The monoisotopic (exact) mass is 436 g/mol. The Morgan fingerprint density at radius 2 is 1.97 bits per heavy atom. The van der Waals surface area contributed by atoms with Crippen molar-refractivity contribution >= 4 is 39.4 Å². The number of carboxylic acids is 1. The fourth-order valence-electron chi connectivity index (χ4n) is 4.08. The maximum atomic E-state index is 12.7. The number of carbonyl (C=O) groups excluding carboxylic acids is 2. The van der Waals surface area contributed by atoms with Crippen LogP contribution in [-0.2, 0) is 30.6 Å². The topological polar surface area (TPSA) is 121 Å². The van der Waals surface area contributed by atoms with Gasteiger partial charge in [0.2, 0.25) is 5.91 Å². The molecule has 3 heterocycles. The molecule has 3 atom stereocenters. The summed E-state index contributed by atoms with van der Waals surface area (Å²) < 4.78 is 24.6. The van der Waals surface area contributed by atoms with Crippen LogP contribution in [0.4, 0.5) is 0 Å². The van der Waals surface area contributed by atoms with E-state index in [1.54, 1.807) is 0 Å². The van der Waals surface area contributed by atoms with Crippen molar-refractivity contribution in [2.24, 2.45) is 0 Å². The highest BCUT2D eigenvalue weighted by atomic mass is 32.2. The summed E-state index contributed by atoms with van der Waals surface area (Å²) in [7, 11) is -3.40. The van der Waals surface area contributed by atoms with E-state index in [1.807, 2.05) is 30.3 Å². The molecule has 2 N–H and O–H groups in total. The molecule has 0 saturated carbocycles. The number of nitrogens with zero attached hydrogens (tertiary/aromatic N) is 1. The van der Waals surface area contributed by atoms with Crippen molar-refractivity contribution in [3.05, 3.63) is 47.2 Å². The zero-order valence-corrected chi connectivity index (χ0v) is 17.0. The Hall–Kier alpha value is -2.33. The van der Waals surface area contributed by atoms with Crippen molar-refractivity contribution in [2.45, 2.75) is 35.9 Å². The maximum absolute atomic E-state index is 12.7. The third-order valence-electron chi connectivity index (χ3n) is 5.44. The molecule has 3 aliphatic heterocycles. The average Bonchev–Trinajstić information content (AvgIpc) is 3.04. The maximum Gasteiger partial charge on any atom is 0.352 e. The van der Waals surface area contributed by atoms with Crippen molar-refractivity contribution in [2.75, 3.05) is 11.5 Å². The molecule has 2 saturated heterocycles. The summed E-state index contributed by atoms with van der Waals surface area (Å²) in [4.78, 5) is 38.0. The predicted molar refractivity (Wildman–Crippen MR) is 107 cm³/mol. The van der Waals surface area contributed by atoms with Gasteiger partial charge in [0, 0.05) is 5.75 Å². The molecule has 8 nitrogen and oxygen atoms in total. The zero-order chi connectivity index (χ0) is 20.8. The van der Waals surface area contributed by atoms with Crippen LogP contribution < -0.4 is 5.32 Å². The Morgan fingerprint density at radius 1 is 1.24 bits per heavy atom. The van der Waals surface area contributed by atoms with E-state index in [0.717, 1.165) is 10.5 Å². The molecule has 29 heavy (non-hydrogen) atoms. The second-order valence-electron chi connectivity index (χ2n) is 7.29. The molecular weight excluding hydrogens is 416 g/mol. The molecule has 154 valence electrons. The summed E-state index contributed by atoms with van der Waals surface area (Å²) in [6.07, 6.45) is 0.984. The van der Waals surface area contributed by atoms with Crippen LogP contribution in [0.5, 0.6) is 0 Å². The van der Waals surface area contributed by atoms with Gasteiger partial charge < -0.3 is 10.4 Å². The number of aliphatic carboxylic acids is 1. The highest BCUT2D eigenvalue weighted by Gasteiger charge is 2.55. The lowest BCUT2D eigenvalue weighted by molar-refractivity contribution is -0.150. The van der Waals surface area contributed by atoms with Gasteiger partial charge in [0.25, 0.3) is 5.91 Å². The second-order valence-corrected chi connectivity index (χ2v) is 10.7. The zero-order valence-electron chi connectivity index (χ0n) is 15.4. The van der Waals surface area contributed by atoms with Crippen molar-refractivity contribution in [1.82, 2.24) is 10.2 Å². The molecule has 3 aliphatic rings. The molecule has 0 bridgehead atoms. The summed E-state index contributed by atoms with van der Waals surface area (Å²) in [5.41, 5.74) is 0.867. The molecule has 4 rings (SSSR count). The molecule has 2 fully saturated rings. The minimum atomic E-state index is -3.40. The molecule has 0 aliphatic carbocycles. The van der Waals surface area contributed by atoms with Crippen molar-refractivity contribution in [3.63, 3.8) is 0 Å². The molecular formula is C19H20N2O6S2. The van der Waals surface area contributed by atoms with E-state index in [-0.39, 0.29) is 29.5 Å². The van der Waals surface area contributed by atoms with Gasteiger partial charge in [-0.15, -0.1) is 11.8 Å². The number of hydrogen-bond acceptors (Lipinski definition) is 6. The number of sulfone groups is 1. The van der Waals surface area contributed by atoms with Crippen LogP contribution in [0.1, 0.15) is 18.4 Å². The van der Waals surface area contributed by atoms with Gasteiger partial charge in [-0.1, -0.05) is 30.3 Å². The first-order chi connectivity index (χ1) is 13.8. The van der Waals surface area contributed by atoms with Crippen LogP contribution in [0.15, 0.2) is 41.6 Å². The van der Waals surface area contributed by atoms with Crippen molar-refractivity contribution in [3.8, 4) is 0 Å². The number of rotatable bonds is 5. The van der Waals surface area contributed by atoms with E-state index in [4.69, 9.17) is 0 Å². The van der Waals surface area contributed by atoms with Gasteiger partial charge in [-0.3, -0.25) is 14.5 Å². The Balaban J connectivity index is 1.53. The van der Waals surface area contributed by atoms with Gasteiger partial charge in [-0.2, -0.15) is 0 Å². The minimum absolute atomic E-state index is 0.0360. The number of carboxylic acid groups (broad SMARTS) is 1. The lowest BCUT2D eigenvalue weighted by Crippen LogP contribution is -2.71. The third kappa shape index (κ3) is 3.55. The van der Waals surface area contributed by atoms with Gasteiger partial charge in [-0.25, -0.2) is 13.2 Å². The summed E-state index contributed by atoms with van der Waals surface area (Å²) in [6.45, 7) is 0. The van der Waals surface area contributed by atoms with Crippen LogP contribution in [0.2, 0.25) is 0 Å². The molecule has 1 aromatic carbocycles. The number of nitrogens with one attached hydrogen (secondary N) is 1. The van der Waals surface area contributed by atoms with Crippen molar-refractivity contribution in [1.29, 1.82) is 0 Å². The smallest absolute Gasteiger partial charge is 0.352 e. The van der Waals surface area contributed by atoms with Gasteiger partial charge in [-0.05, 0) is 24.0 Å². The lowest BCUT2D eigenvalue weighted by Gasteiger charge is -2.50. The molecule has 10 heteroatoms. The second kappa shape index (κ2) is 7.49. The summed E-state index contributed by atoms with van der Waals surface area (Å²) >= 11 is 1.29. The van der Waals surface area contributed by atoms with E-state index >= 15 is 0 Å². The highest BCUT2D eigenvalue weighted by molar-refractivity contribution is 8.00. The first kappa shape index (κ1) is 20.0. The van der Waals surface area contributed by atoms with E-state index in [0.29, 0.717) is 18.4 Å². The number of thioether (sulfide) groups is 1. The highest BCUT2D eigenvalue weighted by Crippen LogP contribution is 2.43. The fourth-order valence-corrected chi connectivity index (χ4v) is 7.61. The summed E-state index contributed by atoms with van der Waals surface area (Å²) in [5.74, 6) is -1.90. The molecule has 1 aromatic rings. The van der Waals surface area contributed by atoms with Gasteiger partial charge in [0.1, 0.15) is 17.1 Å². The molecule has 1 unspecified atom stereocenters. The Labute approximate surface area is 172 Å². The fraction of sp³-hybridized carbons (Fsp3) is 0.421. The normalized spacial score (nSPS) is 27.9. The quantitative estimate of drug-likeness (QED) is 0.647. The minimum Gasteiger partial charge on any atom is -0.477 e. The first-order valence-electron chi connectivity index (χ1n) is 9.25. The van der Waals surface area contributed by atoms with Crippen LogP contribution >= 0.6 is 11.8 Å². The Bertz CT molecular complexity index is 1000. The average molecular weight is 437 g/mol. The molecule has 0 radical (unpaired) electrons. The van der Waals surface area contributed by atoms with Crippen LogP contribution in [0.3, 0.4) is 0 Å². The Morgan fingerprint density at radius 3 is 2.59 bits per heavy atom. The van der Waals surface area contributed by atoms with Crippen molar-refractivity contribution < 1.29 is 27.9 Å². The number of benzene rings is 1. The third-order valence-corrected chi connectivity index (χ3v) is 8.99. The summed E-state index contributed by atoms with van der Waals surface area (Å²) in [5, 5.41) is 11.0. The Kier molecular flexibility index (Phi) is 5.16. The van der Waals surface area contributed by atoms with E-state index in [2.05, 4.69) is 5.32 Å². The lowest BCUT2D eigenvalue weighted by atomic mass is 10.00. The van der Waals surface area contributed by atoms with E-state index in [9.17, 15) is 27.9 Å². The van der Waals surface area contributed by atoms with Gasteiger partial charge in [0.15, 0.2) is 9.84 Å². The molecule has 0 spiro atoms. The van der Waals surface area contributed by atoms with E-state index in [1.165, 1.54) is 11.8 Å². The SMILES string of the molecule is O=C(Cc1ccccc1)N[C@@H]1C(=O)N2C(C(=O)O)=C(C3CCCS3(=O)=O)CS[C@H]12. The standard InChI is InChI=1S/C19H20N2O6S2/c22-14(9-11-5-2-1-3-6-11)20-15-17(23)21-16(19(24)25)12(10-28-18(15)21)13-7-4-8-29(13,26)27/h1-3,5-6,13,15,18H,4,7-10H2,(H,20,22)(H,24,25)/t13?,15-,18-/m1/s1. The number of hydrogen-bond donors (Lipinski definition) is 2. The number of carbonyl (C=O) groups is 3. The molecule has 0 aromatic heterocycles. The number of amides is 2. The van der Waals surface area contributed by atoms with Crippen LogP contribution in [0.25, 0.3) is 0 Å². The largest absolute Gasteiger partial charge is 0.477 e. The van der Waals surface area contributed by atoms with Crippen LogP contribution in [0, 0.1) is 0 Å². The van der Waals surface area contributed by atoms with Crippen LogP contribution in [-0.4, -0.2) is 64.4 Å². The summed E-state index contributed by atoms with van der Waals surface area (Å²) in [6, 6.07) is 8.28. The number of β-lactam (4-membered cyclic amide) rings is 1. The molecule has 2 amide bonds. The predicted octanol–water partition coefficient (Wildman–Crippen LogP) is 0.545. The van der Waals surface area contributed by atoms with E-state index < -0.39 is 38.4 Å².